The van der Waals surface area contributed by atoms with Crippen LogP contribution in [-0.4, -0.2) is 4.92 Å². The molecule has 0 radical (unpaired) electrons. The van der Waals surface area contributed by atoms with Crippen LogP contribution in [0.2, 0.25) is 0 Å². The van der Waals surface area contributed by atoms with Crippen molar-refractivity contribution in [1.82, 2.24) is 0 Å². The average Bonchev–Trinajstić information content (AvgIpc) is 2.20. The van der Waals surface area contributed by atoms with Gasteiger partial charge in [0.25, 0.3) is 12.5 Å². The quantitative estimate of drug-likeness (QED) is 0.454. The smallest absolute Gasteiger partial charge is 0.284 e. The molecule has 0 N–H and O–H groups in total. The van der Waals surface area contributed by atoms with Crippen LogP contribution in [0.3, 0.4) is 0 Å². The minimum absolute atomic E-state index is 0.000762. The van der Waals surface area contributed by atoms with Crippen molar-refractivity contribution in [2.45, 2.75) is 13.8 Å². The molecule has 84 valence electrons. The highest BCUT2D eigenvalue weighted by atomic mass is 35.9. The average molecular weight is 270 g/mol. The molecule has 0 aliphatic carbocycles. The van der Waals surface area contributed by atoms with Gasteiger partial charge < -0.3 is 4.52 Å². The van der Waals surface area contributed by atoms with Gasteiger partial charge in [-0.2, -0.15) is 0 Å². The fourth-order valence-electron chi connectivity index (χ4n) is 0.708. The standard InChI is InChI=1S/C6H4Cl2NO3P.C2H6/c7-13(8)12-6-3-1-5(2-4-6)9(10)11;1-2/h1-4H;1-2H3. The predicted molar refractivity (Wildman–Crippen MR) is 63.7 cm³/mol. The normalized spacial score (nSPS) is 9.13. The van der Waals surface area contributed by atoms with Gasteiger partial charge in [-0.15, -0.1) is 0 Å². The minimum atomic E-state index is -1.53. The summed E-state index contributed by atoms with van der Waals surface area (Å²) in [5, 5.41) is 10.3. The molecule has 0 spiro atoms. The third-order valence-corrected chi connectivity index (χ3v) is 1.98. The molecule has 0 amide bonds. The second kappa shape index (κ2) is 7.69. The maximum Gasteiger partial charge on any atom is 0.284 e. The van der Waals surface area contributed by atoms with E-state index in [-0.39, 0.29) is 5.69 Å². The number of nitro groups is 1. The molecule has 0 unspecified atom stereocenters. The Labute approximate surface area is 98.7 Å². The molecule has 0 aliphatic rings. The van der Waals surface area contributed by atoms with E-state index in [2.05, 4.69) is 0 Å². The van der Waals surface area contributed by atoms with Crippen molar-refractivity contribution in [3.05, 3.63) is 34.4 Å². The van der Waals surface area contributed by atoms with Gasteiger partial charge in [0.1, 0.15) is 5.75 Å². The zero-order valence-electron chi connectivity index (χ0n) is 8.18. The van der Waals surface area contributed by atoms with E-state index in [0.717, 1.165) is 0 Å². The van der Waals surface area contributed by atoms with Crippen molar-refractivity contribution in [3.8, 4) is 5.75 Å². The van der Waals surface area contributed by atoms with E-state index in [0.29, 0.717) is 5.75 Å². The first-order valence-electron chi connectivity index (χ1n) is 4.13. The van der Waals surface area contributed by atoms with E-state index < -0.39 is 11.8 Å². The fourth-order valence-corrected chi connectivity index (χ4v) is 1.47. The van der Waals surface area contributed by atoms with Gasteiger partial charge in [0.05, 0.1) is 4.92 Å². The van der Waals surface area contributed by atoms with Gasteiger partial charge in [-0.05, 0) is 34.6 Å². The number of nitrogens with zero attached hydrogens (tertiary/aromatic N) is 1. The lowest BCUT2D eigenvalue weighted by Gasteiger charge is -2.03. The first kappa shape index (κ1) is 14.4. The summed E-state index contributed by atoms with van der Waals surface area (Å²) in [4.78, 5) is 9.76. The molecule has 0 atom stereocenters. The summed E-state index contributed by atoms with van der Waals surface area (Å²) in [5.74, 6) is 0.418. The molecule has 0 aliphatic heterocycles. The molecule has 4 nitrogen and oxygen atoms in total. The van der Waals surface area contributed by atoms with Gasteiger partial charge in [-0.3, -0.25) is 10.1 Å². The lowest BCUT2D eigenvalue weighted by Crippen LogP contribution is -1.86. The van der Waals surface area contributed by atoms with Crippen molar-refractivity contribution in [2.75, 3.05) is 0 Å². The maximum atomic E-state index is 10.3. The van der Waals surface area contributed by atoms with Gasteiger partial charge >= 0.3 is 0 Å². The van der Waals surface area contributed by atoms with Gasteiger partial charge in [0.2, 0.25) is 0 Å². The molecule has 0 heterocycles. The van der Waals surface area contributed by atoms with Crippen molar-refractivity contribution >= 4 is 35.0 Å². The number of rotatable bonds is 3. The zero-order chi connectivity index (χ0) is 11.8. The molecule has 0 aromatic heterocycles. The maximum absolute atomic E-state index is 10.3. The second-order valence-corrected chi connectivity index (χ2v) is 4.99. The molecule has 0 saturated carbocycles. The Morgan fingerprint density at radius 3 is 2.07 bits per heavy atom. The molecule has 0 fully saturated rings. The van der Waals surface area contributed by atoms with Gasteiger partial charge in [0, 0.05) is 12.1 Å². The van der Waals surface area contributed by atoms with Crippen LogP contribution in [0.1, 0.15) is 13.8 Å². The van der Waals surface area contributed by atoms with Crippen LogP contribution < -0.4 is 4.52 Å². The van der Waals surface area contributed by atoms with E-state index >= 15 is 0 Å². The van der Waals surface area contributed by atoms with Gasteiger partial charge in [0.15, 0.2) is 0 Å². The third-order valence-electron chi connectivity index (χ3n) is 1.22. The highest BCUT2D eigenvalue weighted by molar-refractivity contribution is 8.00. The number of halogens is 2. The van der Waals surface area contributed by atoms with Crippen LogP contribution in [0.25, 0.3) is 0 Å². The highest BCUT2D eigenvalue weighted by Crippen LogP contribution is 2.47. The van der Waals surface area contributed by atoms with Crippen LogP contribution in [0.15, 0.2) is 24.3 Å². The number of hydrogen-bond acceptors (Lipinski definition) is 3. The van der Waals surface area contributed by atoms with Crippen molar-refractivity contribution in [3.63, 3.8) is 0 Å². The summed E-state index contributed by atoms with van der Waals surface area (Å²) in [5.41, 5.74) is 0.000762. The number of benzene rings is 1. The topological polar surface area (TPSA) is 52.4 Å². The first-order valence-corrected chi connectivity index (χ1v) is 7.20. The summed E-state index contributed by atoms with van der Waals surface area (Å²) < 4.78 is 4.92. The fraction of sp³-hybridized carbons (Fsp3) is 0.250. The molecule has 0 saturated heterocycles. The Morgan fingerprint density at radius 2 is 1.73 bits per heavy atom. The molecule has 15 heavy (non-hydrogen) atoms. The summed E-state index contributed by atoms with van der Waals surface area (Å²) in [7, 11) is 0. The summed E-state index contributed by atoms with van der Waals surface area (Å²) in [6, 6.07) is 5.53. The number of non-ortho nitro benzene ring substituents is 1. The molecule has 1 aromatic carbocycles. The van der Waals surface area contributed by atoms with Crippen LogP contribution in [0.5, 0.6) is 5.75 Å². The largest absolute Gasteiger partial charge is 0.445 e. The number of nitro benzene ring substituents is 1. The second-order valence-electron chi connectivity index (χ2n) is 2.04. The van der Waals surface area contributed by atoms with E-state index in [4.69, 9.17) is 27.0 Å². The van der Waals surface area contributed by atoms with Crippen molar-refractivity contribution < 1.29 is 9.45 Å². The lowest BCUT2D eigenvalue weighted by atomic mass is 10.3. The Morgan fingerprint density at radius 1 is 1.27 bits per heavy atom. The van der Waals surface area contributed by atoms with E-state index in [1.807, 2.05) is 13.8 Å². The van der Waals surface area contributed by atoms with Crippen molar-refractivity contribution in [1.29, 1.82) is 0 Å². The van der Waals surface area contributed by atoms with E-state index in [9.17, 15) is 10.1 Å². The molecular formula is C8H10Cl2NO3P. The van der Waals surface area contributed by atoms with Crippen LogP contribution in [0, 0.1) is 10.1 Å². The van der Waals surface area contributed by atoms with Gasteiger partial charge in [-0.1, -0.05) is 13.8 Å². The Kier molecular flexibility index (Phi) is 7.39. The Bertz CT molecular complexity index is 305. The molecule has 7 heteroatoms. The monoisotopic (exact) mass is 269 g/mol. The Hall–Kier alpha value is -0.570. The van der Waals surface area contributed by atoms with Gasteiger partial charge in [-0.25, -0.2) is 0 Å². The van der Waals surface area contributed by atoms with Crippen LogP contribution in [0.4, 0.5) is 5.69 Å². The summed E-state index contributed by atoms with van der Waals surface area (Å²) in [6.07, 6.45) is 0. The molecule has 0 bridgehead atoms. The zero-order valence-corrected chi connectivity index (χ0v) is 10.6. The van der Waals surface area contributed by atoms with E-state index in [1.165, 1.54) is 24.3 Å². The van der Waals surface area contributed by atoms with Crippen LogP contribution >= 0.6 is 29.3 Å². The third kappa shape index (κ3) is 5.78. The SMILES string of the molecule is CC.O=[N+]([O-])c1ccc(OP(Cl)Cl)cc1. The molecule has 1 aromatic rings. The Balaban J connectivity index is 0.000000921. The highest BCUT2D eigenvalue weighted by Gasteiger charge is 2.06. The summed E-state index contributed by atoms with van der Waals surface area (Å²) >= 11 is 10.8. The predicted octanol–water partition coefficient (Wildman–Crippen LogP) is 4.70. The van der Waals surface area contributed by atoms with E-state index in [1.54, 1.807) is 0 Å². The van der Waals surface area contributed by atoms with Crippen LogP contribution in [-0.2, 0) is 0 Å². The van der Waals surface area contributed by atoms with Crippen molar-refractivity contribution in [2.24, 2.45) is 0 Å². The lowest BCUT2D eigenvalue weighted by molar-refractivity contribution is -0.384. The minimum Gasteiger partial charge on any atom is -0.445 e. The number of hydrogen-bond donors (Lipinski definition) is 0. The first-order chi connectivity index (χ1) is 7.09. The molecule has 1 rings (SSSR count). The molecular weight excluding hydrogens is 260 g/mol. The summed E-state index contributed by atoms with van der Waals surface area (Å²) in [6.45, 7) is 2.47.